The summed E-state index contributed by atoms with van der Waals surface area (Å²) in [5, 5.41) is 3.98. The lowest BCUT2D eigenvalue weighted by Crippen LogP contribution is -2.51. The molecule has 0 aliphatic heterocycles. The standard InChI is InChI=1S/C26H32Cl2N2O3/c1-17-9-12-24(18(2)13-17)33-16-25(31)30(15-20-10-11-22(27)23(28)14-20)19(3)26(32)29-21-7-5-4-6-8-21/h9-14,19,21H,4-8,15-16H2,1-3H3,(H,29,32). The van der Waals surface area contributed by atoms with Crippen LogP contribution >= 0.6 is 23.2 Å². The summed E-state index contributed by atoms with van der Waals surface area (Å²) in [5.74, 6) is 0.233. The van der Waals surface area contributed by atoms with Crippen molar-refractivity contribution in [3.63, 3.8) is 0 Å². The first-order chi connectivity index (χ1) is 15.7. The van der Waals surface area contributed by atoms with Crippen LogP contribution < -0.4 is 10.1 Å². The number of ether oxygens (including phenoxy) is 1. The van der Waals surface area contributed by atoms with Crippen molar-refractivity contribution in [3.05, 3.63) is 63.1 Å². The van der Waals surface area contributed by atoms with Crippen LogP contribution in [0.1, 0.15) is 55.7 Å². The number of carbonyl (C=O) groups excluding carboxylic acids is 2. The maximum absolute atomic E-state index is 13.3. The summed E-state index contributed by atoms with van der Waals surface area (Å²) in [6.45, 7) is 5.77. The van der Waals surface area contributed by atoms with Crippen LogP contribution in [-0.2, 0) is 16.1 Å². The Morgan fingerprint density at radius 3 is 2.45 bits per heavy atom. The number of nitrogens with zero attached hydrogens (tertiary/aromatic N) is 1. The second-order valence-electron chi connectivity index (χ2n) is 8.85. The van der Waals surface area contributed by atoms with Crippen molar-refractivity contribution in [1.29, 1.82) is 0 Å². The van der Waals surface area contributed by atoms with Crippen LogP contribution in [0.2, 0.25) is 10.0 Å². The Bertz CT molecular complexity index is 989. The fraction of sp³-hybridized carbons (Fsp3) is 0.462. The highest BCUT2D eigenvalue weighted by Crippen LogP contribution is 2.24. The zero-order valence-electron chi connectivity index (χ0n) is 19.5. The van der Waals surface area contributed by atoms with E-state index < -0.39 is 6.04 Å². The molecular weight excluding hydrogens is 459 g/mol. The summed E-state index contributed by atoms with van der Waals surface area (Å²) in [5.41, 5.74) is 2.88. The van der Waals surface area contributed by atoms with Gasteiger partial charge in [0.05, 0.1) is 10.0 Å². The van der Waals surface area contributed by atoms with Gasteiger partial charge in [-0.3, -0.25) is 9.59 Å². The third kappa shape index (κ3) is 7.12. The minimum Gasteiger partial charge on any atom is -0.483 e. The highest BCUT2D eigenvalue weighted by atomic mass is 35.5. The van der Waals surface area contributed by atoms with E-state index in [1.54, 1.807) is 24.0 Å². The SMILES string of the molecule is Cc1ccc(OCC(=O)N(Cc2ccc(Cl)c(Cl)c2)C(C)C(=O)NC2CCCCC2)c(C)c1. The average molecular weight is 491 g/mol. The van der Waals surface area contributed by atoms with E-state index in [1.807, 2.05) is 38.1 Å². The predicted molar refractivity (Wildman–Crippen MR) is 133 cm³/mol. The van der Waals surface area contributed by atoms with Gasteiger partial charge in [0.2, 0.25) is 5.91 Å². The summed E-state index contributed by atoms with van der Waals surface area (Å²) in [7, 11) is 0. The summed E-state index contributed by atoms with van der Waals surface area (Å²) < 4.78 is 5.82. The van der Waals surface area contributed by atoms with Gasteiger partial charge in [-0.25, -0.2) is 0 Å². The largest absolute Gasteiger partial charge is 0.483 e. The molecule has 1 saturated carbocycles. The van der Waals surface area contributed by atoms with Gasteiger partial charge in [-0.05, 0) is 62.9 Å². The van der Waals surface area contributed by atoms with Crippen LogP contribution in [0.15, 0.2) is 36.4 Å². The van der Waals surface area contributed by atoms with Crippen LogP contribution in [0.25, 0.3) is 0 Å². The molecular formula is C26H32Cl2N2O3. The van der Waals surface area contributed by atoms with E-state index in [4.69, 9.17) is 27.9 Å². The van der Waals surface area contributed by atoms with Gasteiger partial charge in [-0.1, -0.05) is 66.2 Å². The first kappa shape index (κ1) is 25.4. The number of hydrogen-bond acceptors (Lipinski definition) is 3. The number of hydrogen-bond donors (Lipinski definition) is 1. The highest BCUT2D eigenvalue weighted by Gasteiger charge is 2.28. The maximum atomic E-state index is 13.3. The number of carbonyl (C=O) groups is 2. The van der Waals surface area contributed by atoms with E-state index in [2.05, 4.69) is 5.32 Å². The second-order valence-corrected chi connectivity index (χ2v) is 9.66. The summed E-state index contributed by atoms with van der Waals surface area (Å²) in [4.78, 5) is 27.8. The second kappa shape index (κ2) is 11.8. The minimum atomic E-state index is -0.656. The van der Waals surface area contributed by atoms with Crippen molar-refractivity contribution < 1.29 is 14.3 Å². The molecule has 1 fully saturated rings. The van der Waals surface area contributed by atoms with Crippen LogP contribution in [0, 0.1) is 13.8 Å². The number of benzene rings is 2. The Kier molecular flexibility index (Phi) is 9.04. The third-order valence-corrected chi connectivity index (χ3v) is 6.88. The lowest BCUT2D eigenvalue weighted by atomic mass is 9.95. The van der Waals surface area contributed by atoms with Gasteiger partial charge in [-0.15, -0.1) is 0 Å². The summed E-state index contributed by atoms with van der Waals surface area (Å²) >= 11 is 12.2. The van der Waals surface area contributed by atoms with E-state index in [-0.39, 0.29) is 31.0 Å². The maximum Gasteiger partial charge on any atom is 0.261 e. The Morgan fingerprint density at radius 1 is 1.06 bits per heavy atom. The van der Waals surface area contributed by atoms with E-state index in [0.717, 1.165) is 42.4 Å². The molecule has 1 aliphatic carbocycles. The van der Waals surface area contributed by atoms with Gasteiger partial charge < -0.3 is 15.0 Å². The molecule has 0 heterocycles. The fourth-order valence-electron chi connectivity index (χ4n) is 4.17. The molecule has 2 aromatic rings. The molecule has 0 bridgehead atoms. The van der Waals surface area contributed by atoms with E-state index in [9.17, 15) is 9.59 Å². The number of halogens is 2. The predicted octanol–water partition coefficient (Wildman–Crippen LogP) is 5.86. The van der Waals surface area contributed by atoms with Crippen LogP contribution in [0.4, 0.5) is 0 Å². The van der Waals surface area contributed by atoms with E-state index >= 15 is 0 Å². The van der Waals surface area contributed by atoms with E-state index in [1.165, 1.54) is 6.42 Å². The van der Waals surface area contributed by atoms with Crippen molar-refractivity contribution in [2.24, 2.45) is 0 Å². The van der Waals surface area contributed by atoms with Crippen molar-refractivity contribution in [1.82, 2.24) is 10.2 Å². The molecule has 3 rings (SSSR count). The smallest absolute Gasteiger partial charge is 0.261 e. The molecule has 2 aromatic carbocycles. The lowest BCUT2D eigenvalue weighted by Gasteiger charge is -2.31. The van der Waals surface area contributed by atoms with Gasteiger partial charge in [0.1, 0.15) is 11.8 Å². The molecule has 0 radical (unpaired) electrons. The monoisotopic (exact) mass is 490 g/mol. The van der Waals surface area contributed by atoms with Gasteiger partial charge in [0.25, 0.3) is 5.91 Å². The molecule has 178 valence electrons. The first-order valence-electron chi connectivity index (χ1n) is 11.5. The van der Waals surface area contributed by atoms with Crippen molar-refractivity contribution in [2.75, 3.05) is 6.61 Å². The third-order valence-electron chi connectivity index (χ3n) is 6.14. The quantitative estimate of drug-likeness (QED) is 0.504. The number of aryl methyl sites for hydroxylation is 2. The lowest BCUT2D eigenvalue weighted by molar-refractivity contribution is -0.142. The zero-order valence-corrected chi connectivity index (χ0v) is 21.0. The molecule has 33 heavy (non-hydrogen) atoms. The van der Waals surface area contributed by atoms with Gasteiger partial charge in [0.15, 0.2) is 6.61 Å². The Labute approximate surface area is 206 Å². The first-order valence-corrected chi connectivity index (χ1v) is 12.2. The Hall–Kier alpha value is -2.24. The molecule has 2 amide bonds. The number of rotatable bonds is 8. The van der Waals surface area contributed by atoms with Crippen LogP contribution in [0.3, 0.4) is 0 Å². The molecule has 1 unspecified atom stereocenters. The van der Waals surface area contributed by atoms with Crippen LogP contribution in [0.5, 0.6) is 5.75 Å². The molecule has 0 spiro atoms. The molecule has 1 N–H and O–H groups in total. The van der Waals surface area contributed by atoms with E-state index in [0.29, 0.717) is 15.8 Å². The molecule has 5 nitrogen and oxygen atoms in total. The number of amides is 2. The summed E-state index contributed by atoms with van der Waals surface area (Å²) in [6.07, 6.45) is 5.41. The topological polar surface area (TPSA) is 58.6 Å². The molecule has 0 saturated heterocycles. The molecule has 1 atom stereocenters. The van der Waals surface area contributed by atoms with Gasteiger partial charge in [0, 0.05) is 12.6 Å². The molecule has 0 aromatic heterocycles. The van der Waals surface area contributed by atoms with Crippen molar-refractivity contribution in [3.8, 4) is 5.75 Å². The minimum absolute atomic E-state index is 0.151. The Morgan fingerprint density at radius 2 is 1.79 bits per heavy atom. The normalized spacial score (nSPS) is 15.1. The Balaban J connectivity index is 1.74. The number of nitrogens with one attached hydrogen (secondary N) is 1. The molecule has 1 aliphatic rings. The van der Waals surface area contributed by atoms with Gasteiger partial charge in [-0.2, -0.15) is 0 Å². The van der Waals surface area contributed by atoms with Crippen molar-refractivity contribution in [2.45, 2.75) is 71.5 Å². The highest BCUT2D eigenvalue weighted by molar-refractivity contribution is 6.42. The zero-order chi connectivity index (χ0) is 24.0. The molecule has 7 heteroatoms. The summed E-state index contributed by atoms with van der Waals surface area (Å²) in [6, 6.07) is 10.6. The van der Waals surface area contributed by atoms with Crippen molar-refractivity contribution >= 4 is 35.0 Å². The fourth-order valence-corrected chi connectivity index (χ4v) is 4.49. The average Bonchev–Trinajstić information content (AvgIpc) is 2.79. The van der Waals surface area contributed by atoms with Crippen LogP contribution in [-0.4, -0.2) is 35.4 Å². The van der Waals surface area contributed by atoms with Gasteiger partial charge >= 0.3 is 0 Å².